The van der Waals surface area contributed by atoms with Crippen molar-refractivity contribution in [2.75, 3.05) is 32.6 Å². The van der Waals surface area contributed by atoms with E-state index in [4.69, 9.17) is 4.74 Å². The summed E-state index contributed by atoms with van der Waals surface area (Å²) in [5, 5.41) is 12.2. The van der Waals surface area contributed by atoms with Gasteiger partial charge >= 0.3 is 0 Å². The monoisotopic (exact) mass is 298 g/mol. The molecule has 0 unspecified atom stereocenters. The number of halogens is 1. The van der Waals surface area contributed by atoms with E-state index in [0.717, 1.165) is 5.56 Å². The molecule has 0 fully saturated rings. The molecule has 0 aromatic heterocycles. The molecule has 5 nitrogen and oxygen atoms in total. The Balaban J connectivity index is 2.61. The molecule has 2 N–H and O–H groups in total. The number of hydrogen-bond donors (Lipinski definition) is 2. The summed E-state index contributed by atoms with van der Waals surface area (Å²) >= 11 is 0. The maximum Gasteiger partial charge on any atom is 0.241 e. The lowest BCUT2D eigenvalue weighted by atomic mass is 10.2. The SMILES string of the molecule is COC[C@@H](O)CN(C)[C@H](C)C(=O)Nc1ccc(C)cc1F. The molecule has 2 atom stereocenters. The van der Waals surface area contributed by atoms with Crippen LogP contribution in [0.3, 0.4) is 0 Å². The number of hydrogen-bond acceptors (Lipinski definition) is 4. The number of rotatable bonds is 7. The molecule has 0 radical (unpaired) electrons. The highest BCUT2D eigenvalue weighted by atomic mass is 19.1. The second kappa shape index (κ2) is 8.07. The Labute approximate surface area is 124 Å². The first-order valence-electron chi connectivity index (χ1n) is 6.79. The van der Waals surface area contributed by atoms with Crippen LogP contribution in [0.15, 0.2) is 18.2 Å². The van der Waals surface area contributed by atoms with Crippen LogP contribution < -0.4 is 5.32 Å². The molecule has 6 heteroatoms. The van der Waals surface area contributed by atoms with Gasteiger partial charge in [0.1, 0.15) is 5.82 Å². The van der Waals surface area contributed by atoms with Crippen LogP contribution in [0, 0.1) is 12.7 Å². The molecule has 0 heterocycles. The number of nitrogens with one attached hydrogen (secondary N) is 1. The molecular weight excluding hydrogens is 275 g/mol. The van der Waals surface area contributed by atoms with Gasteiger partial charge in [-0.05, 0) is 38.6 Å². The Bertz CT molecular complexity index is 482. The normalized spacial score (nSPS) is 14.0. The standard InChI is InChI=1S/C15H23FN2O3/c1-10-5-6-14(13(16)7-10)17-15(20)11(2)18(3)8-12(19)9-21-4/h5-7,11-12,19H,8-9H2,1-4H3,(H,17,20)/t11-,12+/m1/s1. The molecule has 118 valence electrons. The summed E-state index contributed by atoms with van der Waals surface area (Å²) in [6.07, 6.45) is -0.675. The van der Waals surface area contributed by atoms with Crippen LogP contribution in [-0.2, 0) is 9.53 Å². The van der Waals surface area contributed by atoms with Gasteiger partial charge in [-0.1, -0.05) is 6.07 Å². The van der Waals surface area contributed by atoms with Gasteiger partial charge in [-0.3, -0.25) is 9.69 Å². The number of likely N-dealkylation sites (N-methyl/N-ethyl adjacent to an activating group) is 1. The van der Waals surface area contributed by atoms with Crippen molar-refractivity contribution < 1.29 is 19.0 Å². The third-order valence-electron chi connectivity index (χ3n) is 3.28. The fourth-order valence-electron chi connectivity index (χ4n) is 1.89. The van der Waals surface area contributed by atoms with Crippen LogP contribution in [-0.4, -0.2) is 55.4 Å². The van der Waals surface area contributed by atoms with Crippen molar-refractivity contribution in [1.29, 1.82) is 0 Å². The number of aliphatic hydroxyl groups excluding tert-OH is 1. The second-order valence-corrected chi connectivity index (χ2v) is 5.20. The van der Waals surface area contributed by atoms with E-state index in [1.807, 2.05) is 0 Å². The third-order valence-corrected chi connectivity index (χ3v) is 3.28. The van der Waals surface area contributed by atoms with Gasteiger partial charge in [-0.15, -0.1) is 0 Å². The fourth-order valence-corrected chi connectivity index (χ4v) is 1.89. The largest absolute Gasteiger partial charge is 0.389 e. The Morgan fingerprint density at radius 3 is 2.76 bits per heavy atom. The molecule has 0 aliphatic rings. The van der Waals surface area contributed by atoms with Crippen molar-refractivity contribution in [3.8, 4) is 0 Å². The van der Waals surface area contributed by atoms with E-state index in [1.165, 1.54) is 19.2 Å². The topological polar surface area (TPSA) is 61.8 Å². The highest BCUT2D eigenvalue weighted by Gasteiger charge is 2.21. The lowest BCUT2D eigenvalue weighted by Crippen LogP contribution is -2.44. The number of nitrogens with zero attached hydrogens (tertiary/aromatic N) is 1. The lowest BCUT2D eigenvalue weighted by molar-refractivity contribution is -0.120. The first kappa shape index (κ1) is 17.6. The van der Waals surface area contributed by atoms with E-state index >= 15 is 0 Å². The van der Waals surface area contributed by atoms with E-state index < -0.39 is 18.0 Å². The van der Waals surface area contributed by atoms with Crippen molar-refractivity contribution in [3.63, 3.8) is 0 Å². The quantitative estimate of drug-likeness (QED) is 0.799. The summed E-state index contributed by atoms with van der Waals surface area (Å²) < 4.78 is 18.5. The summed E-state index contributed by atoms with van der Waals surface area (Å²) in [5.41, 5.74) is 0.946. The van der Waals surface area contributed by atoms with Crippen molar-refractivity contribution in [3.05, 3.63) is 29.6 Å². The predicted octanol–water partition coefficient (Wildman–Crippen LogP) is 1.40. The predicted molar refractivity (Wildman–Crippen MR) is 79.7 cm³/mol. The smallest absolute Gasteiger partial charge is 0.241 e. The third kappa shape index (κ3) is 5.41. The van der Waals surface area contributed by atoms with Crippen LogP contribution in [0.25, 0.3) is 0 Å². The van der Waals surface area contributed by atoms with Gasteiger partial charge in [0.25, 0.3) is 0 Å². The van der Waals surface area contributed by atoms with Crippen molar-refractivity contribution in [1.82, 2.24) is 4.90 Å². The van der Waals surface area contributed by atoms with E-state index in [0.29, 0.717) is 6.54 Å². The highest BCUT2D eigenvalue weighted by molar-refractivity contribution is 5.94. The van der Waals surface area contributed by atoms with Gasteiger partial charge in [0.2, 0.25) is 5.91 Å². The van der Waals surface area contributed by atoms with Gasteiger partial charge in [0.15, 0.2) is 0 Å². The average molecular weight is 298 g/mol. The van der Waals surface area contributed by atoms with Crippen LogP contribution in [0.2, 0.25) is 0 Å². The van der Waals surface area contributed by atoms with Crippen LogP contribution in [0.5, 0.6) is 0 Å². The summed E-state index contributed by atoms with van der Waals surface area (Å²) in [6, 6.07) is 4.13. The molecule has 0 spiro atoms. The number of anilines is 1. The number of methoxy groups -OCH3 is 1. The first-order chi connectivity index (χ1) is 9.85. The second-order valence-electron chi connectivity index (χ2n) is 5.20. The molecule has 0 saturated carbocycles. The Hall–Kier alpha value is -1.50. The zero-order valence-electron chi connectivity index (χ0n) is 12.9. The Morgan fingerprint density at radius 1 is 1.52 bits per heavy atom. The average Bonchev–Trinajstić information content (AvgIpc) is 2.41. The number of carbonyl (C=O) groups is 1. The molecule has 0 saturated heterocycles. The Morgan fingerprint density at radius 2 is 2.19 bits per heavy atom. The Kier molecular flexibility index (Phi) is 6.74. The van der Waals surface area contributed by atoms with Crippen molar-refractivity contribution in [2.45, 2.75) is 26.0 Å². The van der Waals surface area contributed by atoms with Gasteiger partial charge < -0.3 is 15.2 Å². The summed E-state index contributed by atoms with van der Waals surface area (Å²) in [4.78, 5) is 13.8. The van der Waals surface area contributed by atoms with Gasteiger partial charge in [-0.25, -0.2) is 4.39 Å². The minimum absolute atomic E-state index is 0.156. The summed E-state index contributed by atoms with van der Waals surface area (Å²) in [6.45, 7) is 3.97. The minimum atomic E-state index is -0.675. The molecule has 1 rings (SSSR count). The summed E-state index contributed by atoms with van der Waals surface area (Å²) in [5.74, 6) is -0.789. The molecule has 0 bridgehead atoms. The van der Waals surface area contributed by atoms with E-state index in [1.54, 1.807) is 31.9 Å². The zero-order valence-corrected chi connectivity index (χ0v) is 12.9. The van der Waals surface area contributed by atoms with Gasteiger partial charge in [0, 0.05) is 13.7 Å². The number of benzene rings is 1. The maximum atomic E-state index is 13.7. The van der Waals surface area contributed by atoms with E-state index in [-0.39, 0.29) is 18.2 Å². The summed E-state index contributed by atoms with van der Waals surface area (Å²) in [7, 11) is 3.22. The number of aryl methyl sites for hydroxylation is 1. The van der Waals surface area contributed by atoms with Crippen molar-refractivity contribution in [2.24, 2.45) is 0 Å². The van der Waals surface area contributed by atoms with E-state index in [2.05, 4.69) is 5.32 Å². The number of carbonyl (C=O) groups excluding carboxylic acids is 1. The molecule has 1 aromatic carbocycles. The van der Waals surface area contributed by atoms with Gasteiger partial charge in [0.05, 0.1) is 24.4 Å². The molecular formula is C15H23FN2O3. The lowest BCUT2D eigenvalue weighted by Gasteiger charge is -2.26. The molecule has 21 heavy (non-hydrogen) atoms. The van der Waals surface area contributed by atoms with Crippen LogP contribution in [0.1, 0.15) is 12.5 Å². The fraction of sp³-hybridized carbons (Fsp3) is 0.533. The van der Waals surface area contributed by atoms with Crippen LogP contribution in [0.4, 0.5) is 10.1 Å². The molecule has 1 aromatic rings. The number of aliphatic hydroxyl groups is 1. The zero-order chi connectivity index (χ0) is 16.0. The van der Waals surface area contributed by atoms with Crippen LogP contribution >= 0.6 is 0 Å². The molecule has 1 amide bonds. The molecule has 0 aliphatic carbocycles. The first-order valence-corrected chi connectivity index (χ1v) is 6.79. The minimum Gasteiger partial charge on any atom is -0.389 e. The number of ether oxygens (including phenoxy) is 1. The highest BCUT2D eigenvalue weighted by Crippen LogP contribution is 2.16. The molecule has 0 aliphatic heterocycles. The number of amides is 1. The van der Waals surface area contributed by atoms with E-state index in [9.17, 15) is 14.3 Å². The van der Waals surface area contributed by atoms with Crippen molar-refractivity contribution >= 4 is 11.6 Å². The maximum absolute atomic E-state index is 13.7. The van der Waals surface area contributed by atoms with Gasteiger partial charge in [-0.2, -0.15) is 0 Å².